The number of rotatable bonds is 1. The van der Waals surface area contributed by atoms with Gasteiger partial charge >= 0.3 is 0 Å². The molecule has 0 N–H and O–H groups in total. The minimum absolute atomic E-state index is 0.733. The van der Waals surface area contributed by atoms with Crippen molar-refractivity contribution in [3.05, 3.63) is 29.2 Å². The fourth-order valence-corrected chi connectivity index (χ4v) is 4.82. The van der Waals surface area contributed by atoms with Gasteiger partial charge in [0.1, 0.15) is 0 Å². The first-order valence-electron chi connectivity index (χ1n) is 8.30. The average Bonchev–Trinajstić information content (AvgIpc) is 2.41. The summed E-state index contributed by atoms with van der Waals surface area (Å²) in [5.41, 5.74) is 3.38. The van der Waals surface area contributed by atoms with Crippen LogP contribution in [0.25, 0.3) is 0 Å². The standard InChI is InChI=1S/C19H29/c1-12(2)15-7-10-18-16(11-15)8-9-17-13(3)5-6-14(4)19(17)18/h8,11-12,14,17-19H,5-7,9-10H2,1-4H3/t14-,17+,18-,19+/m0/s1. The van der Waals surface area contributed by atoms with Crippen molar-refractivity contribution in [3.8, 4) is 0 Å². The maximum Gasteiger partial charge on any atom is -0.0128 e. The number of hydrogen-bond donors (Lipinski definition) is 0. The summed E-state index contributed by atoms with van der Waals surface area (Å²) in [6.45, 7) is 9.62. The van der Waals surface area contributed by atoms with Gasteiger partial charge < -0.3 is 0 Å². The number of fused-ring (bicyclic) bond motifs is 3. The number of hydrogen-bond acceptors (Lipinski definition) is 0. The van der Waals surface area contributed by atoms with Crippen LogP contribution in [0.15, 0.2) is 23.3 Å². The normalized spacial score (nSPS) is 39.4. The van der Waals surface area contributed by atoms with Gasteiger partial charge in [-0.2, -0.15) is 0 Å². The van der Waals surface area contributed by atoms with E-state index in [2.05, 4.69) is 39.8 Å². The van der Waals surface area contributed by atoms with E-state index in [0.717, 1.165) is 29.6 Å². The zero-order valence-electron chi connectivity index (χ0n) is 13.1. The molecule has 0 aromatic rings. The Bertz CT molecular complexity index is 398. The molecule has 0 saturated heterocycles. The van der Waals surface area contributed by atoms with Crippen LogP contribution in [0.1, 0.15) is 59.8 Å². The molecule has 0 heterocycles. The van der Waals surface area contributed by atoms with Gasteiger partial charge in [0.25, 0.3) is 0 Å². The van der Waals surface area contributed by atoms with Crippen LogP contribution in [0.3, 0.4) is 0 Å². The second-order valence-electron chi connectivity index (χ2n) is 7.51. The van der Waals surface area contributed by atoms with E-state index in [1.165, 1.54) is 32.1 Å². The average molecular weight is 257 g/mol. The van der Waals surface area contributed by atoms with Gasteiger partial charge in [0.05, 0.1) is 0 Å². The summed E-state index contributed by atoms with van der Waals surface area (Å²) in [5.74, 6) is 6.15. The Morgan fingerprint density at radius 3 is 2.63 bits per heavy atom. The van der Waals surface area contributed by atoms with Crippen molar-refractivity contribution < 1.29 is 0 Å². The third kappa shape index (κ3) is 2.32. The smallest absolute Gasteiger partial charge is 0.0128 e. The molecule has 105 valence electrons. The minimum Gasteiger partial charge on any atom is -0.0807 e. The van der Waals surface area contributed by atoms with E-state index in [4.69, 9.17) is 0 Å². The zero-order chi connectivity index (χ0) is 13.6. The predicted molar refractivity (Wildman–Crippen MR) is 82.6 cm³/mol. The molecule has 0 aromatic heterocycles. The van der Waals surface area contributed by atoms with Crippen LogP contribution in [0.2, 0.25) is 0 Å². The van der Waals surface area contributed by atoms with Crippen LogP contribution in [-0.4, -0.2) is 0 Å². The first kappa shape index (κ1) is 13.5. The molecule has 19 heavy (non-hydrogen) atoms. The molecule has 0 bridgehead atoms. The number of allylic oxidation sites excluding steroid dienone is 4. The fourth-order valence-electron chi connectivity index (χ4n) is 4.82. The van der Waals surface area contributed by atoms with Gasteiger partial charge in [-0.05, 0) is 73.2 Å². The molecular formula is C19H29. The molecule has 0 aliphatic heterocycles. The molecule has 1 fully saturated rings. The van der Waals surface area contributed by atoms with Gasteiger partial charge in [0, 0.05) is 0 Å². The Hall–Kier alpha value is -0.520. The monoisotopic (exact) mass is 257 g/mol. The van der Waals surface area contributed by atoms with Crippen molar-refractivity contribution in [3.63, 3.8) is 0 Å². The van der Waals surface area contributed by atoms with Gasteiger partial charge in [-0.3, -0.25) is 0 Å². The third-order valence-electron chi connectivity index (χ3n) is 6.09. The molecule has 3 aliphatic carbocycles. The Kier molecular flexibility index (Phi) is 3.62. The Balaban J connectivity index is 1.89. The maximum absolute atomic E-state index is 2.58. The lowest BCUT2D eigenvalue weighted by Gasteiger charge is -2.49. The highest BCUT2D eigenvalue weighted by molar-refractivity contribution is 5.34. The van der Waals surface area contributed by atoms with E-state index in [0.29, 0.717) is 0 Å². The van der Waals surface area contributed by atoms with Crippen LogP contribution in [-0.2, 0) is 0 Å². The molecule has 1 radical (unpaired) electrons. The van der Waals surface area contributed by atoms with E-state index >= 15 is 0 Å². The highest BCUT2D eigenvalue weighted by atomic mass is 14.5. The van der Waals surface area contributed by atoms with Crippen LogP contribution in [0.5, 0.6) is 0 Å². The first-order chi connectivity index (χ1) is 9.08. The van der Waals surface area contributed by atoms with Crippen LogP contribution in [0, 0.1) is 35.5 Å². The van der Waals surface area contributed by atoms with E-state index in [9.17, 15) is 0 Å². The van der Waals surface area contributed by atoms with E-state index in [-0.39, 0.29) is 0 Å². The Labute approximate surface area is 119 Å². The third-order valence-corrected chi connectivity index (χ3v) is 6.09. The molecular weight excluding hydrogens is 228 g/mol. The van der Waals surface area contributed by atoms with E-state index in [1.807, 2.05) is 0 Å². The Morgan fingerprint density at radius 1 is 1.11 bits per heavy atom. The van der Waals surface area contributed by atoms with Crippen molar-refractivity contribution in [2.45, 2.75) is 59.8 Å². The van der Waals surface area contributed by atoms with Gasteiger partial charge in [-0.15, -0.1) is 0 Å². The molecule has 3 aliphatic rings. The first-order valence-corrected chi connectivity index (χ1v) is 8.30. The topological polar surface area (TPSA) is 0 Å². The van der Waals surface area contributed by atoms with Crippen molar-refractivity contribution in [2.24, 2.45) is 29.6 Å². The fraction of sp³-hybridized carbons (Fsp3) is 0.737. The maximum atomic E-state index is 2.58. The summed E-state index contributed by atoms with van der Waals surface area (Å²) in [7, 11) is 0. The largest absolute Gasteiger partial charge is 0.0807 e. The van der Waals surface area contributed by atoms with Gasteiger partial charge in [0.15, 0.2) is 0 Å². The molecule has 0 aromatic carbocycles. The van der Waals surface area contributed by atoms with Gasteiger partial charge in [-0.1, -0.05) is 45.4 Å². The minimum atomic E-state index is 0.733. The summed E-state index contributed by atoms with van der Waals surface area (Å²) in [4.78, 5) is 0. The highest BCUT2D eigenvalue weighted by Crippen LogP contribution is 2.53. The molecule has 0 heteroatoms. The van der Waals surface area contributed by atoms with Crippen molar-refractivity contribution in [1.29, 1.82) is 0 Å². The lowest BCUT2D eigenvalue weighted by atomic mass is 9.56. The quantitative estimate of drug-likeness (QED) is 0.576. The summed E-state index contributed by atoms with van der Waals surface area (Å²) in [6, 6.07) is 0. The molecule has 0 spiro atoms. The Morgan fingerprint density at radius 2 is 1.89 bits per heavy atom. The lowest BCUT2D eigenvalue weighted by molar-refractivity contribution is 0.121. The molecule has 0 nitrogen and oxygen atoms in total. The SMILES string of the molecule is C[C]1CC[C@H](C)[C@@H]2[C@@H]1CC=C1C=C(C(C)C)CC[C@@H]12. The van der Waals surface area contributed by atoms with Gasteiger partial charge in [-0.25, -0.2) is 0 Å². The van der Waals surface area contributed by atoms with Gasteiger partial charge in [0.2, 0.25) is 0 Å². The summed E-state index contributed by atoms with van der Waals surface area (Å²) in [6.07, 6.45) is 12.0. The molecule has 0 unspecified atom stereocenters. The van der Waals surface area contributed by atoms with Crippen LogP contribution < -0.4 is 0 Å². The predicted octanol–water partition coefficient (Wildman–Crippen LogP) is 5.57. The zero-order valence-corrected chi connectivity index (χ0v) is 13.1. The summed E-state index contributed by atoms with van der Waals surface area (Å²) < 4.78 is 0. The van der Waals surface area contributed by atoms with Crippen LogP contribution in [0.4, 0.5) is 0 Å². The second kappa shape index (κ2) is 5.11. The molecule has 3 rings (SSSR count). The molecule has 0 amide bonds. The van der Waals surface area contributed by atoms with E-state index < -0.39 is 0 Å². The van der Waals surface area contributed by atoms with Crippen molar-refractivity contribution in [2.75, 3.05) is 0 Å². The lowest BCUT2D eigenvalue weighted by Crippen LogP contribution is -2.40. The summed E-state index contributed by atoms with van der Waals surface area (Å²) >= 11 is 0. The van der Waals surface area contributed by atoms with Crippen molar-refractivity contribution in [1.82, 2.24) is 0 Å². The van der Waals surface area contributed by atoms with Crippen LogP contribution >= 0.6 is 0 Å². The van der Waals surface area contributed by atoms with Crippen molar-refractivity contribution >= 4 is 0 Å². The second-order valence-corrected chi connectivity index (χ2v) is 7.51. The molecule has 1 saturated carbocycles. The highest BCUT2D eigenvalue weighted by Gasteiger charge is 2.43. The summed E-state index contributed by atoms with van der Waals surface area (Å²) in [5, 5.41) is 0. The van der Waals surface area contributed by atoms with E-state index in [1.54, 1.807) is 17.1 Å². The molecule has 4 atom stereocenters.